The Morgan fingerprint density at radius 1 is 0.471 bits per heavy atom. The Morgan fingerprint density at radius 2 is 0.871 bits per heavy atom. The van der Waals surface area contributed by atoms with Crippen LogP contribution < -0.4 is 23.7 Å². The molecule has 0 amide bonds. The van der Waals surface area contributed by atoms with Gasteiger partial charge in [-0.05, 0) is 185 Å². The quantitative estimate of drug-likeness (QED) is 0.156. The zero-order chi connectivity index (χ0) is 50.1. The summed E-state index contributed by atoms with van der Waals surface area (Å²) in [6.45, 7) is 6.38. The van der Waals surface area contributed by atoms with Gasteiger partial charge in [0.2, 0.25) is 0 Å². The Hall–Kier alpha value is -5.91. The van der Waals surface area contributed by atoms with Gasteiger partial charge < -0.3 is 28.8 Å². The molecule has 70 heavy (non-hydrogen) atoms. The summed E-state index contributed by atoms with van der Waals surface area (Å²) in [5.74, 6) is 5.94. The lowest BCUT2D eigenvalue weighted by atomic mass is 9.74. The van der Waals surface area contributed by atoms with Gasteiger partial charge in [0.05, 0.1) is 35.5 Å². The molecular weight excluding hydrogens is 1010 g/mol. The summed E-state index contributed by atoms with van der Waals surface area (Å²) in [6, 6.07) is 35.0. The van der Waals surface area contributed by atoms with Crippen LogP contribution in [0.2, 0.25) is 0 Å². The van der Waals surface area contributed by atoms with Gasteiger partial charge in [0.25, 0.3) is 0 Å². The number of carbonyl (C=O) groups excluding carboxylic acids is 3. The largest absolute Gasteiger partial charge is 0.508 e. The first-order valence-electron chi connectivity index (χ1n) is 23.6. The van der Waals surface area contributed by atoms with Gasteiger partial charge in [0.15, 0.2) is 17.3 Å². The minimum atomic E-state index is -0.398. The van der Waals surface area contributed by atoms with Crippen LogP contribution in [0.25, 0.3) is 0 Å². The molecule has 6 aromatic rings. The first-order valence-corrected chi connectivity index (χ1v) is 25.8. The lowest BCUT2D eigenvalue weighted by Crippen LogP contribution is -2.31. The molecule has 11 rings (SSSR count). The minimum Gasteiger partial charge on any atom is -0.508 e. The molecule has 2 spiro atoms. The Labute approximate surface area is 428 Å². The highest BCUT2D eigenvalue weighted by atomic mass is 79.9. The number of rotatable bonds is 7. The van der Waals surface area contributed by atoms with E-state index in [1.807, 2.05) is 78.9 Å². The highest BCUT2D eigenvalue weighted by Crippen LogP contribution is 2.57. The predicted octanol–water partition coefficient (Wildman–Crippen LogP) is 13.1. The van der Waals surface area contributed by atoms with Gasteiger partial charge in [-0.2, -0.15) is 0 Å². The van der Waals surface area contributed by atoms with E-state index in [4.69, 9.17) is 23.7 Å². The second-order valence-electron chi connectivity index (χ2n) is 19.0. The molecule has 0 fully saturated rings. The summed E-state index contributed by atoms with van der Waals surface area (Å²) in [5, 5.41) is 11.5. The van der Waals surface area contributed by atoms with E-state index in [1.54, 1.807) is 47.7 Å². The van der Waals surface area contributed by atoms with Crippen LogP contribution in [0.1, 0.15) is 126 Å². The van der Waals surface area contributed by atoms with Crippen LogP contribution in [0.15, 0.2) is 109 Å². The van der Waals surface area contributed by atoms with Crippen LogP contribution in [0.3, 0.4) is 0 Å². The van der Waals surface area contributed by atoms with Crippen LogP contribution >= 0.6 is 31.9 Å². The van der Waals surface area contributed by atoms with Gasteiger partial charge in [-0.15, -0.1) is 0 Å². The van der Waals surface area contributed by atoms with Crippen molar-refractivity contribution in [2.75, 3.05) is 35.5 Å². The predicted molar refractivity (Wildman–Crippen MR) is 281 cm³/mol. The number of methoxy groups -OCH3 is 5. The van der Waals surface area contributed by atoms with Crippen molar-refractivity contribution in [3.05, 3.63) is 176 Å². The molecule has 5 unspecified atom stereocenters. The molecule has 0 aliphatic heterocycles. The average molecular weight is 1070 g/mol. The molecule has 0 radical (unpaired) electrons. The first kappa shape index (κ1) is 50.5. The number of Topliss-reactive ketones (excluding diaryl/α,β-unsaturated/α-hetero) is 3. The summed E-state index contributed by atoms with van der Waals surface area (Å²) < 4.78 is 26.2. The third kappa shape index (κ3) is 9.27. The van der Waals surface area contributed by atoms with E-state index < -0.39 is 5.41 Å². The van der Waals surface area contributed by atoms with Crippen molar-refractivity contribution in [1.29, 1.82) is 0 Å². The highest BCUT2D eigenvalue weighted by Gasteiger charge is 2.55. The van der Waals surface area contributed by atoms with Crippen molar-refractivity contribution in [3.8, 4) is 34.5 Å². The molecule has 5 atom stereocenters. The SMILES string of the molecule is COc1ccc(CBr)c(CBr)c1.COc1ccc2c(c1)C(C)C1(Cc3ccc(O)cc3C1)C2=O.COc1ccc2c(c1)C(C)CC2=O.COc1ccc2c(c1)CC1(C2)C(=O)c2ccc(OC)cc2C1C. The van der Waals surface area contributed by atoms with E-state index in [1.165, 1.54) is 27.8 Å². The molecule has 364 valence electrons. The first-order chi connectivity index (χ1) is 33.7. The summed E-state index contributed by atoms with van der Waals surface area (Å²) in [4.78, 5) is 37.7. The van der Waals surface area contributed by atoms with Crippen molar-refractivity contribution in [1.82, 2.24) is 0 Å². The standard InChI is InChI=1S/C20H20O3.C19H18O3.C11H12O2.C9H10Br2O/c1-12-18-9-16(23-3)6-7-17(18)19(21)20(12)10-13-4-5-15(22-2)8-14(13)11-20;1-11-17-8-15(22-2)5-6-16(17)18(21)19(11)9-12-3-4-14(20)7-13(12)10-19;1-7-5-11(12)9-4-3-8(13-2)6-10(7)9;1-12-9-3-2-7(5-10)8(4-9)6-11/h4-9,12H,10-11H2,1-3H3;3-8,11,20H,9-10H2,1-2H3;3-4,6-7H,5H2,1-2H3;2-4H,5-6H2,1H3. The number of ketones is 3. The number of halogens is 2. The molecule has 0 bridgehead atoms. The van der Waals surface area contributed by atoms with E-state index in [2.05, 4.69) is 70.8 Å². The Morgan fingerprint density at radius 3 is 1.37 bits per heavy atom. The summed E-state index contributed by atoms with van der Waals surface area (Å²) in [6.07, 6.45) is 3.69. The second-order valence-corrected chi connectivity index (χ2v) is 20.1. The molecule has 11 heteroatoms. The average Bonchev–Trinajstić information content (AvgIpc) is 4.15. The van der Waals surface area contributed by atoms with Crippen molar-refractivity contribution in [2.24, 2.45) is 10.8 Å². The monoisotopic (exact) mass is 1070 g/mol. The van der Waals surface area contributed by atoms with Crippen LogP contribution in [-0.2, 0) is 36.3 Å². The van der Waals surface area contributed by atoms with Gasteiger partial charge in [-0.1, -0.05) is 70.8 Å². The fourth-order valence-electron chi connectivity index (χ4n) is 11.2. The Bertz CT molecular complexity index is 2980. The van der Waals surface area contributed by atoms with Gasteiger partial charge >= 0.3 is 0 Å². The molecule has 0 saturated carbocycles. The number of benzene rings is 6. The number of phenols is 1. The molecular formula is C59H60Br2O9. The number of aromatic hydroxyl groups is 1. The second kappa shape index (κ2) is 20.8. The zero-order valence-corrected chi connectivity index (χ0v) is 44.2. The maximum Gasteiger partial charge on any atom is 0.170 e. The maximum atomic E-state index is 13.2. The van der Waals surface area contributed by atoms with E-state index in [-0.39, 0.29) is 40.4 Å². The molecule has 0 aromatic heterocycles. The number of alkyl halides is 2. The molecule has 6 aromatic carbocycles. The maximum absolute atomic E-state index is 13.2. The van der Waals surface area contributed by atoms with Crippen LogP contribution in [0.5, 0.6) is 34.5 Å². The summed E-state index contributed by atoms with van der Waals surface area (Å²) >= 11 is 6.87. The third-order valence-corrected chi connectivity index (χ3v) is 16.6. The van der Waals surface area contributed by atoms with Gasteiger partial charge in [0.1, 0.15) is 34.5 Å². The van der Waals surface area contributed by atoms with Crippen LogP contribution in [-0.4, -0.2) is 58.0 Å². The van der Waals surface area contributed by atoms with Crippen molar-refractivity contribution in [2.45, 2.75) is 81.3 Å². The van der Waals surface area contributed by atoms with E-state index >= 15 is 0 Å². The summed E-state index contributed by atoms with van der Waals surface area (Å²) in [5.41, 5.74) is 12.5. The number of hydrogen-bond acceptors (Lipinski definition) is 9. The van der Waals surface area contributed by atoms with E-state index in [0.29, 0.717) is 18.8 Å². The molecule has 0 heterocycles. The number of ether oxygens (including phenoxy) is 5. The van der Waals surface area contributed by atoms with E-state index in [0.717, 1.165) is 97.6 Å². The normalized spacial score (nSPS) is 21.5. The molecule has 9 nitrogen and oxygen atoms in total. The van der Waals surface area contributed by atoms with Crippen molar-refractivity contribution >= 4 is 49.2 Å². The minimum absolute atomic E-state index is 0.152. The highest BCUT2D eigenvalue weighted by molar-refractivity contribution is 9.09. The smallest absolute Gasteiger partial charge is 0.170 e. The molecule has 1 N–H and O–H groups in total. The third-order valence-electron chi connectivity index (χ3n) is 15.4. The topological polar surface area (TPSA) is 118 Å². The number of hydrogen-bond donors (Lipinski definition) is 1. The van der Waals surface area contributed by atoms with E-state index in [9.17, 15) is 19.5 Å². The zero-order valence-electron chi connectivity index (χ0n) is 41.0. The molecule has 5 aliphatic carbocycles. The Balaban J connectivity index is 0.000000131. The fraction of sp³-hybridized carbons (Fsp3) is 0.339. The van der Waals surface area contributed by atoms with Gasteiger partial charge in [-0.25, -0.2) is 0 Å². The fourth-order valence-corrected chi connectivity index (χ4v) is 12.3. The number of fused-ring (bicyclic) bond motifs is 5. The van der Waals surface area contributed by atoms with Gasteiger partial charge in [0, 0.05) is 44.6 Å². The van der Waals surface area contributed by atoms with Crippen molar-refractivity contribution in [3.63, 3.8) is 0 Å². The van der Waals surface area contributed by atoms with Crippen molar-refractivity contribution < 1.29 is 43.2 Å². The summed E-state index contributed by atoms with van der Waals surface area (Å²) in [7, 11) is 8.31. The number of phenolic OH excluding ortho intramolecular Hbond substituents is 1. The molecule has 5 aliphatic rings. The lowest BCUT2D eigenvalue weighted by Gasteiger charge is -2.27. The lowest BCUT2D eigenvalue weighted by molar-refractivity contribution is 0.0796. The number of carbonyl (C=O) groups is 3. The van der Waals surface area contributed by atoms with Crippen LogP contribution in [0, 0.1) is 10.8 Å². The molecule has 0 saturated heterocycles. The van der Waals surface area contributed by atoms with Gasteiger partial charge in [-0.3, -0.25) is 14.4 Å². The Kier molecular flexibility index (Phi) is 15.0. The van der Waals surface area contributed by atoms with Crippen LogP contribution in [0.4, 0.5) is 0 Å².